The van der Waals surface area contributed by atoms with E-state index < -0.39 is 17.7 Å². The average molecular weight is 297 g/mol. The summed E-state index contributed by atoms with van der Waals surface area (Å²) in [5, 5.41) is 0. The van der Waals surface area contributed by atoms with Crippen LogP contribution in [0.5, 0.6) is 0 Å². The van der Waals surface area contributed by atoms with Gasteiger partial charge in [0.25, 0.3) is 0 Å². The molecule has 0 bridgehead atoms. The molecule has 5 heteroatoms. The van der Waals surface area contributed by atoms with Crippen LogP contribution in [-0.4, -0.2) is 43.0 Å². The van der Waals surface area contributed by atoms with Gasteiger partial charge in [0.15, 0.2) is 17.4 Å². The summed E-state index contributed by atoms with van der Waals surface area (Å²) in [5.41, 5.74) is 0.192. The Bertz CT molecular complexity index is 501. The molecule has 21 heavy (non-hydrogen) atoms. The Kier molecular flexibility index (Phi) is 5.42. The number of nitrogens with zero attached hydrogens (tertiary/aromatic N) is 1. The maximum absolute atomic E-state index is 13.2. The standard InChI is InChI=1S/C16H21F2NO2/c1-11(19(2)10-13-5-3-4-8-21-13)16(20)12-6-7-14(17)15(18)9-12/h6-7,9,11,13H,3-5,8,10H2,1-2H3. The van der Waals surface area contributed by atoms with E-state index in [0.717, 1.165) is 38.0 Å². The molecule has 2 rings (SSSR count). The summed E-state index contributed by atoms with van der Waals surface area (Å²) in [6.45, 7) is 3.20. The molecule has 0 saturated carbocycles. The van der Waals surface area contributed by atoms with Crippen LogP contribution in [0.15, 0.2) is 18.2 Å². The van der Waals surface area contributed by atoms with Gasteiger partial charge in [-0.2, -0.15) is 0 Å². The van der Waals surface area contributed by atoms with E-state index in [9.17, 15) is 13.6 Å². The van der Waals surface area contributed by atoms with Crippen LogP contribution in [-0.2, 0) is 4.74 Å². The van der Waals surface area contributed by atoms with Gasteiger partial charge < -0.3 is 4.74 Å². The molecule has 2 unspecified atom stereocenters. The summed E-state index contributed by atoms with van der Waals surface area (Å²) < 4.78 is 31.8. The Morgan fingerprint density at radius 3 is 2.76 bits per heavy atom. The molecule has 1 aliphatic rings. The molecule has 1 aromatic rings. The fraction of sp³-hybridized carbons (Fsp3) is 0.562. The van der Waals surface area contributed by atoms with Crippen molar-refractivity contribution in [2.45, 2.75) is 38.3 Å². The summed E-state index contributed by atoms with van der Waals surface area (Å²) in [5.74, 6) is -2.15. The number of ketones is 1. The van der Waals surface area contributed by atoms with Crippen LogP contribution in [0.1, 0.15) is 36.5 Å². The van der Waals surface area contributed by atoms with Gasteiger partial charge in [-0.15, -0.1) is 0 Å². The van der Waals surface area contributed by atoms with Crippen molar-refractivity contribution in [2.24, 2.45) is 0 Å². The minimum Gasteiger partial charge on any atom is -0.377 e. The van der Waals surface area contributed by atoms with E-state index in [1.807, 2.05) is 11.9 Å². The van der Waals surface area contributed by atoms with Gasteiger partial charge in [0.2, 0.25) is 0 Å². The van der Waals surface area contributed by atoms with Crippen LogP contribution in [0.2, 0.25) is 0 Å². The Morgan fingerprint density at radius 1 is 1.38 bits per heavy atom. The number of Topliss-reactive ketones (excluding diaryl/α,β-unsaturated/α-hetero) is 1. The molecule has 0 spiro atoms. The molecule has 2 atom stereocenters. The second-order valence-corrected chi connectivity index (χ2v) is 5.60. The molecule has 3 nitrogen and oxygen atoms in total. The Balaban J connectivity index is 1.98. The van der Waals surface area contributed by atoms with Crippen molar-refractivity contribution in [3.63, 3.8) is 0 Å². The van der Waals surface area contributed by atoms with E-state index in [0.29, 0.717) is 6.54 Å². The maximum Gasteiger partial charge on any atom is 0.179 e. The molecule has 0 aromatic heterocycles. The Morgan fingerprint density at radius 2 is 2.14 bits per heavy atom. The molecule has 1 heterocycles. The van der Waals surface area contributed by atoms with Gasteiger partial charge in [0.05, 0.1) is 12.1 Å². The molecule has 0 radical (unpaired) electrons. The van der Waals surface area contributed by atoms with Crippen LogP contribution < -0.4 is 0 Å². The van der Waals surface area contributed by atoms with Gasteiger partial charge in [-0.05, 0) is 51.4 Å². The van der Waals surface area contributed by atoms with Gasteiger partial charge in [-0.1, -0.05) is 0 Å². The lowest BCUT2D eigenvalue weighted by Crippen LogP contribution is -2.42. The normalized spacial score (nSPS) is 20.5. The van der Waals surface area contributed by atoms with Crippen LogP contribution in [0.3, 0.4) is 0 Å². The quantitative estimate of drug-likeness (QED) is 0.782. The number of hydrogen-bond acceptors (Lipinski definition) is 3. The lowest BCUT2D eigenvalue weighted by Gasteiger charge is -2.30. The van der Waals surface area contributed by atoms with Crippen molar-refractivity contribution < 1.29 is 18.3 Å². The topological polar surface area (TPSA) is 29.5 Å². The van der Waals surface area contributed by atoms with Crippen LogP contribution in [0.4, 0.5) is 8.78 Å². The zero-order valence-electron chi connectivity index (χ0n) is 12.4. The SMILES string of the molecule is CC(C(=O)c1ccc(F)c(F)c1)N(C)CC1CCCCO1. The lowest BCUT2D eigenvalue weighted by molar-refractivity contribution is -0.00577. The number of benzene rings is 1. The third kappa shape index (κ3) is 4.08. The number of likely N-dealkylation sites (N-methyl/N-ethyl adjacent to an activating group) is 1. The Labute approximate surface area is 123 Å². The van der Waals surface area contributed by atoms with E-state index in [2.05, 4.69) is 0 Å². The molecular weight excluding hydrogens is 276 g/mol. The first-order valence-corrected chi connectivity index (χ1v) is 7.30. The molecule has 0 aliphatic carbocycles. The largest absolute Gasteiger partial charge is 0.377 e. The minimum atomic E-state index is -0.994. The van der Waals surface area contributed by atoms with Crippen LogP contribution >= 0.6 is 0 Å². The fourth-order valence-corrected chi connectivity index (χ4v) is 2.52. The van der Waals surface area contributed by atoms with E-state index in [1.165, 1.54) is 6.07 Å². The number of ether oxygens (including phenoxy) is 1. The smallest absolute Gasteiger partial charge is 0.179 e. The highest BCUT2D eigenvalue weighted by atomic mass is 19.2. The highest BCUT2D eigenvalue weighted by Gasteiger charge is 2.24. The monoisotopic (exact) mass is 297 g/mol. The van der Waals surface area contributed by atoms with Gasteiger partial charge in [0, 0.05) is 18.7 Å². The summed E-state index contributed by atoms with van der Waals surface area (Å²) in [6, 6.07) is 2.86. The lowest BCUT2D eigenvalue weighted by atomic mass is 10.0. The number of halogens is 2. The molecule has 1 saturated heterocycles. The summed E-state index contributed by atoms with van der Waals surface area (Å²) in [7, 11) is 1.85. The third-order valence-corrected chi connectivity index (χ3v) is 4.01. The first kappa shape index (κ1) is 16.0. The van der Waals surface area contributed by atoms with Gasteiger partial charge in [0.1, 0.15) is 0 Å². The van der Waals surface area contributed by atoms with Crippen LogP contribution in [0, 0.1) is 11.6 Å². The second-order valence-electron chi connectivity index (χ2n) is 5.60. The van der Waals surface area contributed by atoms with Crippen LogP contribution in [0.25, 0.3) is 0 Å². The maximum atomic E-state index is 13.2. The fourth-order valence-electron chi connectivity index (χ4n) is 2.52. The zero-order chi connectivity index (χ0) is 15.4. The van der Waals surface area contributed by atoms with E-state index in [4.69, 9.17) is 4.74 Å². The molecule has 0 N–H and O–H groups in total. The van der Waals surface area contributed by atoms with Crippen molar-refractivity contribution in [3.05, 3.63) is 35.4 Å². The van der Waals surface area contributed by atoms with Crippen molar-refractivity contribution >= 4 is 5.78 Å². The highest BCUT2D eigenvalue weighted by Crippen LogP contribution is 2.16. The van der Waals surface area contributed by atoms with Gasteiger partial charge in [-0.25, -0.2) is 8.78 Å². The van der Waals surface area contributed by atoms with E-state index >= 15 is 0 Å². The number of hydrogen-bond donors (Lipinski definition) is 0. The highest BCUT2D eigenvalue weighted by molar-refractivity contribution is 5.99. The molecule has 116 valence electrons. The molecule has 1 aromatic carbocycles. The average Bonchev–Trinajstić information content (AvgIpc) is 2.49. The first-order chi connectivity index (χ1) is 9.99. The van der Waals surface area contributed by atoms with Crippen molar-refractivity contribution in [3.8, 4) is 0 Å². The van der Waals surface area contributed by atoms with Gasteiger partial charge in [-0.3, -0.25) is 9.69 Å². The van der Waals surface area contributed by atoms with E-state index in [-0.39, 0.29) is 17.5 Å². The zero-order valence-corrected chi connectivity index (χ0v) is 12.4. The predicted molar refractivity (Wildman–Crippen MR) is 76.4 cm³/mol. The van der Waals surface area contributed by atoms with E-state index in [1.54, 1.807) is 6.92 Å². The molecule has 0 amide bonds. The van der Waals surface area contributed by atoms with Gasteiger partial charge >= 0.3 is 0 Å². The number of rotatable bonds is 5. The summed E-state index contributed by atoms with van der Waals surface area (Å²) in [6.07, 6.45) is 3.37. The first-order valence-electron chi connectivity index (χ1n) is 7.30. The molecule has 1 aliphatic heterocycles. The molecule has 1 fully saturated rings. The number of carbonyl (C=O) groups excluding carboxylic acids is 1. The van der Waals surface area contributed by atoms with Crippen molar-refractivity contribution in [2.75, 3.05) is 20.2 Å². The second kappa shape index (κ2) is 7.09. The summed E-state index contributed by atoms with van der Waals surface area (Å²) in [4.78, 5) is 14.2. The third-order valence-electron chi connectivity index (χ3n) is 4.01. The number of carbonyl (C=O) groups is 1. The minimum absolute atomic E-state index is 0.143. The predicted octanol–water partition coefficient (Wildman–Crippen LogP) is 3.04. The summed E-state index contributed by atoms with van der Waals surface area (Å²) >= 11 is 0. The molecular formula is C16H21F2NO2. The van der Waals surface area contributed by atoms with Crippen molar-refractivity contribution in [1.82, 2.24) is 4.90 Å². The van der Waals surface area contributed by atoms with Crippen molar-refractivity contribution in [1.29, 1.82) is 0 Å². The Hall–Kier alpha value is -1.33.